The Morgan fingerprint density at radius 3 is 2.56 bits per heavy atom. The Labute approximate surface area is 243 Å². The van der Waals surface area contributed by atoms with Gasteiger partial charge in [-0.05, 0) is 41.4 Å². The van der Waals surface area contributed by atoms with Crippen LogP contribution < -0.4 is 5.32 Å². The number of allylic oxidation sites excluding steroid dienone is 1. The minimum absolute atomic E-state index is 0.0282. The number of aliphatic hydroxyl groups excluding tert-OH is 2. The molecular formula is C33H44N2O6. The number of carbonyl (C=O) groups excluding carboxylic acids is 2. The molecule has 0 bridgehead atoms. The second kappa shape index (κ2) is 14.6. The molecule has 1 heterocycles. The van der Waals surface area contributed by atoms with Gasteiger partial charge < -0.3 is 29.9 Å². The lowest BCUT2D eigenvalue weighted by atomic mass is 9.86. The zero-order valence-electron chi connectivity index (χ0n) is 24.3. The summed E-state index contributed by atoms with van der Waals surface area (Å²) in [7, 11) is 1.64. The van der Waals surface area contributed by atoms with Crippen molar-refractivity contribution in [2.24, 2.45) is 11.8 Å². The SMILES string of the molecule is CC(C)C[C@@H](CC=Cc1ccccc1)[C@@H](O)C[C@@H](NC(=O)O[C@H]1CCOC1)C(=O)N(C)[C@H]1c2ccccc2C[C@H]1O. The predicted molar refractivity (Wildman–Crippen MR) is 158 cm³/mol. The molecule has 2 amide bonds. The number of carbonyl (C=O) groups is 2. The first-order valence-corrected chi connectivity index (χ1v) is 14.7. The molecule has 4 rings (SSSR count). The molecule has 2 aromatic rings. The number of nitrogens with zero attached hydrogens (tertiary/aromatic N) is 1. The van der Waals surface area contributed by atoms with Crippen molar-refractivity contribution in [1.82, 2.24) is 10.2 Å². The first-order valence-electron chi connectivity index (χ1n) is 14.7. The van der Waals surface area contributed by atoms with Crippen molar-refractivity contribution in [3.63, 3.8) is 0 Å². The van der Waals surface area contributed by atoms with Gasteiger partial charge in [0.05, 0.1) is 31.5 Å². The summed E-state index contributed by atoms with van der Waals surface area (Å²) in [5.41, 5.74) is 2.97. The summed E-state index contributed by atoms with van der Waals surface area (Å²) in [4.78, 5) is 28.3. The third kappa shape index (κ3) is 8.41. The number of hydrogen-bond donors (Lipinski definition) is 3. The van der Waals surface area contributed by atoms with Gasteiger partial charge in [-0.3, -0.25) is 4.79 Å². The average molecular weight is 565 g/mol. The van der Waals surface area contributed by atoms with Crippen molar-refractivity contribution in [1.29, 1.82) is 0 Å². The lowest BCUT2D eigenvalue weighted by Gasteiger charge is -2.33. The van der Waals surface area contributed by atoms with E-state index in [4.69, 9.17) is 9.47 Å². The molecule has 8 heteroatoms. The third-order valence-corrected chi connectivity index (χ3v) is 8.03. The van der Waals surface area contributed by atoms with E-state index >= 15 is 0 Å². The second-order valence-corrected chi connectivity index (χ2v) is 11.7. The number of benzene rings is 2. The van der Waals surface area contributed by atoms with E-state index in [0.29, 0.717) is 38.4 Å². The van der Waals surface area contributed by atoms with Gasteiger partial charge in [0.15, 0.2) is 0 Å². The summed E-state index contributed by atoms with van der Waals surface area (Å²) < 4.78 is 10.8. The van der Waals surface area contributed by atoms with Crippen molar-refractivity contribution in [3.05, 3.63) is 77.4 Å². The van der Waals surface area contributed by atoms with Gasteiger partial charge >= 0.3 is 6.09 Å². The zero-order chi connectivity index (χ0) is 29.4. The van der Waals surface area contributed by atoms with Crippen LogP contribution in [-0.2, 0) is 20.7 Å². The van der Waals surface area contributed by atoms with Gasteiger partial charge in [0.25, 0.3) is 0 Å². The Hall–Kier alpha value is -3.20. The Bertz CT molecular complexity index is 1160. The highest BCUT2D eigenvalue weighted by atomic mass is 16.6. The molecule has 0 aromatic heterocycles. The van der Waals surface area contributed by atoms with Gasteiger partial charge in [0.1, 0.15) is 12.1 Å². The monoisotopic (exact) mass is 564 g/mol. The summed E-state index contributed by atoms with van der Waals surface area (Å²) in [6, 6.07) is 16.1. The fraction of sp³-hybridized carbons (Fsp3) is 0.515. The number of aliphatic hydroxyl groups is 2. The number of likely N-dealkylation sites (N-methyl/N-ethyl adjacent to an activating group) is 1. The lowest BCUT2D eigenvalue weighted by molar-refractivity contribution is -0.137. The second-order valence-electron chi connectivity index (χ2n) is 11.7. The van der Waals surface area contributed by atoms with Crippen LogP contribution in [-0.4, -0.2) is 71.7 Å². The molecule has 2 aliphatic rings. The maximum absolute atomic E-state index is 13.9. The number of alkyl carbamates (subject to hydrolysis) is 1. The molecular weight excluding hydrogens is 520 g/mol. The van der Waals surface area contributed by atoms with Crippen LogP contribution in [0.5, 0.6) is 0 Å². The van der Waals surface area contributed by atoms with Gasteiger partial charge in [-0.2, -0.15) is 0 Å². The summed E-state index contributed by atoms with van der Waals surface area (Å²) in [6.07, 6.45) is 3.88. The first kappa shape index (κ1) is 30.8. The molecule has 3 N–H and O–H groups in total. The fourth-order valence-corrected chi connectivity index (χ4v) is 5.95. The van der Waals surface area contributed by atoms with E-state index in [1.54, 1.807) is 7.05 Å². The highest BCUT2D eigenvalue weighted by Crippen LogP contribution is 2.36. The topological polar surface area (TPSA) is 108 Å². The highest BCUT2D eigenvalue weighted by Gasteiger charge is 2.39. The summed E-state index contributed by atoms with van der Waals surface area (Å²) >= 11 is 0. The minimum atomic E-state index is -1.03. The Balaban J connectivity index is 1.50. The van der Waals surface area contributed by atoms with E-state index in [-0.39, 0.29) is 24.3 Å². The average Bonchev–Trinajstić information content (AvgIpc) is 3.58. The van der Waals surface area contributed by atoms with Gasteiger partial charge in [-0.1, -0.05) is 80.6 Å². The van der Waals surface area contributed by atoms with Gasteiger partial charge in [0.2, 0.25) is 5.91 Å². The van der Waals surface area contributed by atoms with Crippen LogP contribution in [0.4, 0.5) is 4.79 Å². The number of ether oxygens (including phenoxy) is 2. The number of nitrogens with one attached hydrogen (secondary N) is 1. The van der Waals surface area contributed by atoms with Gasteiger partial charge in [-0.15, -0.1) is 0 Å². The molecule has 0 unspecified atom stereocenters. The lowest BCUT2D eigenvalue weighted by Crippen LogP contribution is -2.51. The number of rotatable bonds is 12. The Morgan fingerprint density at radius 2 is 1.85 bits per heavy atom. The largest absolute Gasteiger partial charge is 0.444 e. The molecule has 1 fully saturated rings. The molecule has 0 saturated carbocycles. The van der Waals surface area contributed by atoms with Crippen molar-refractivity contribution >= 4 is 18.1 Å². The van der Waals surface area contributed by atoms with Crippen molar-refractivity contribution < 1.29 is 29.3 Å². The third-order valence-electron chi connectivity index (χ3n) is 8.03. The molecule has 1 saturated heterocycles. The fourth-order valence-electron chi connectivity index (χ4n) is 5.95. The van der Waals surface area contributed by atoms with Crippen LogP contribution in [0.25, 0.3) is 6.08 Å². The van der Waals surface area contributed by atoms with E-state index in [9.17, 15) is 19.8 Å². The predicted octanol–water partition coefficient (Wildman–Crippen LogP) is 4.50. The molecule has 2 aromatic carbocycles. The zero-order valence-corrected chi connectivity index (χ0v) is 24.3. The van der Waals surface area contributed by atoms with E-state index in [1.165, 1.54) is 4.90 Å². The van der Waals surface area contributed by atoms with Crippen molar-refractivity contribution in [3.8, 4) is 0 Å². The quantitative estimate of drug-likeness (QED) is 0.350. The van der Waals surface area contributed by atoms with Crippen LogP contribution in [0.1, 0.15) is 62.3 Å². The molecule has 222 valence electrons. The van der Waals surface area contributed by atoms with E-state index in [1.807, 2.05) is 60.7 Å². The van der Waals surface area contributed by atoms with Gasteiger partial charge in [0, 0.05) is 26.3 Å². The molecule has 1 aliphatic carbocycles. The van der Waals surface area contributed by atoms with Crippen molar-refractivity contribution in [2.75, 3.05) is 20.3 Å². The molecule has 0 spiro atoms. The van der Waals surface area contributed by atoms with Crippen LogP contribution in [0.15, 0.2) is 60.7 Å². The Kier molecular flexibility index (Phi) is 11.0. The summed E-state index contributed by atoms with van der Waals surface area (Å²) in [6.45, 7) is 5.06. The standard InChI is InChI=1S/C33H44N2O6/c1-22(2)18-25(14-9-12-23-10-5-4-6-11-23)29(36)20-28(34-33(39)41-26-16-17-40-21-26)32(38)35(3)31-27-15-8-7-13-24(27)19-30(31)37/h4-13,15,22,25-26,28-31,36-37H,14,16-21H2,1-3H3,(H,34,39)/t25-,26+,28-,29+,30-,31+/m1/s1. The normalized spacial score (nSPS) is 22.3. The number of hydrogen-bond acceptors (Lipinski definition) is 6. The molecule has 0 radical (unpaired) electrons. The number of amides is 2. The van der Waals surface area contributed by atoms with Gasteiger partial charge in [-0.25, -0.2) is 4.79 Å². The van der Waals surface area contributed by atoms with Crippen LogP contribution in [0, 0.1) is 11.8 Å². The minimum Gasteiger partial charge on any atom is -0.444 e. The Morgan fingerprint density at radius 1 is 1.12 bits per heavy atom. The maximum atomic E-state index is 13.9. The molecule has 41 heavy (non-hydrogen) atoms. The van der Waals surface area contributed by atoms with Crippen molar-refractivity contribution in [2.45, 2.75) is 76.3 Å². The smallest absolute Gasteiger partial charge is 0.408 e. The first-order chi connectivity index (χ1) is 19.7. The molecule has 1 aliphatic heterocycles. The van der Waals surface area contributed by atoms with E-state index in [0.717, 1.165) is 23.1 Å². The summed E-state index contributed by atoms with van der Waals surface area (Å²) in [5.74, 6) is -0.163. The van der Waals surface area contributed by atoms with E-state index in [2.05, 4.69) is 25.2 Å². The van der Waals surface area contributed by atoms with Crippen LogP contribution in [0.2, 0.25) is 0 Å². The van der Waals surface area contributed by atoms with Crippen LogP contribution >= 0.6 is 0 Å². The van der Waals surface area contributed by atoms with Crippen LogP contribution in [0.3, 0.4) is 0 Å². The number of fused-ring (bicyclic) bond motifs is 1. The molecule has 6 atom stereocenters. The highest BCUT2D eigenvalue weighted by molar-refractivity contribution is 5.86. The maximum Gasteiger partial charge on any atom is 0.408 e. The molecule has 8 nitrogen and oxygen atoms in total. The van der Waals surface area contributed by atoms with E-state index < -0.39 is 30.4 Å². The summed E-state index contributed by atoms with van der Waals surface area (Å²) in [5, 5.41) is 25.1.